The summed E-state index contributed by atoms with van der Waals surface area (Å²) in [6.45, 7) is 7.39. The van der Waals surface area contributed by atoms with E-state index in [0.717, 1.165) is 48.3 Å². The number of carbonyl (C=O) groups excluding carboxylic acids is 2. The zero-order valence-corrected chi connectivity index (χ0v) is 20.0. The van der Waals surface area contributed by atoms with E-state index in [2.05, 4.69) is 10.0 Å². The van der Waals surface area contributed by atoms with Crippen LogP contribution in [0.5, 0.6) is 0 Å². The average molecular weight is 471 g/mol. The molecular weight excluding hydrogens is 440 g/mol. The Morgan fingerprint density at radius 2 is 1.73 bits per heavy atom. The fourth-order valence-electron chi connectivity index (χ4n) is 4.29. The molecule has 4 rings (SSSR count). The lowest BCUT2D eigenvalue weighted by atomic mass is 10.1. The van der Waals surface area contributed by atoms with Crippen LogP contribution in [0.15, 0.2) is 41.3 Å². The van der Waals surface area contributed by atoms with Gasteiger partial charge in [0.05, 0.1) is 10.9 Å². The lowest BCUT2D eigenvalue weighted by Crippen LogP contribution is -2.41. The molecule has 2 aromatic carbocycles. The van der Waals surface area contributed by atoms with Gasteiger partial charge in [-0.25, -0.2) is 13.2 Å². The predicted octanol–water partition coefficient (Wildman–Crippen LogP) is 3.19. The molecule has 2 aromatic rings. The van der Waals surface area contributed by atoms with Crippen molar-refractivity contribution in [3.63, 3.8) is 0 Å². The minimum absolute atomic E-state index is 0.0169. The zero-order chi connectivity index (χ0) is 23.8. The first kappa shape index (κ1) is 23.3. The summed E-state index contributed by atoms with van der Waals surface area (Å²) in [6.07, 6.45) is 2.63. The van der Waals surface area contributed by atoms with Gasteiger partial charge in [-0.15, -0.1) is 0 Å². The molecule has 176 valence electrons. The number of amides is 3. The standard InChI is InChI=1S/C24H30N4O4S/c1-16-6-7-17(2)21(14-16)25-23(29)18(3)26-33(31,32)20-8-9-22-19(15-20)10-13-28(22)24(30)27-11-4-5-12-27/h6-9,14-15,18,26H,4-5,10-13H2,1-3H3,(H,25,29)/t18-/m1/s1. The Morgan fingerprint density at radius 1 is 1.00 bits per heavy atom. The van der Waals surface area contributed by atoms with Crippen molar-refractivity contribution in [2.45, 2.75) is 51.0 Å². The number of fused-ring (bicyclic) bond motifs is 1. The smallest absolute Gasteiger partial charge is 0.324 e. The Morgan fingerprint density at radius 3 is 2.45 bits per heavy atom. The highest BCUT2D eigenvalue weighted by Gasteiger charge is 2.31. The number of hydrogen-bond donors (Lipinski definition) is 2. The van der Waals surface area contributed by atoms with Gasteiger partial charge in [-0.3, -0.25) is 9.69 Å². The summed E-state index contributed by atoms with van der Waals surface area (Å²) in [5, 5.41) is 2.80. The normalized spacial score (nSPS) is 16.6. The first-order chi connectivity index (χ1) is 15.7. The number of aryl methyl sites for hydroxylation is 2. The van der Waals surface area contributed by atoms with E-state index in [-0.39, 0.29) is 10.9 Å². The number of sulfonamides is 1. The van der Waals surface area contributed by atoms with Crippen LogP contribution in [-0.2, 0) is 21.2 Å². The lowest BCUT2D eigenvalue weighted by molar-refractivity contribution is -0.117. The van der Waals surface area contributed by atoms with Crippen LogP contribution >= 0.6 is 0 Å². The van der Waals surface area contributed by atoms with E-state index in [1.165, 1.54) is 13.0 Å². The maximum absolute atomic E-state index is 13.0. The summed E-state index contributed by atoms with van der Waals surface area (Å²) >= 11 is 0. The van der Waals surface area contributed by atoms with Crippen molar-refractivity contribution in [3.05, 3.63) is 53.1 Å². The Kier molecular flexibility index (Phi) is 6.45. The Hall–Kier alpha value is -2.91. The van der Waals surface area contributed by atoms with Crippen LogP contribution in [-0.4, -0.2) is 50.9 Å². The second-order valence-electron chi connectivity index (χ2n) is 8.82. The highest BCUT2D eigenvalue weighted by atomic mass is 32.2. The van der Waals surface area contributed by atoms with E-state index in [1.807, 2.05) is 36.9 Å². The fraction of sp³-hybridized carbons (Fsp3) is 0.417. The molecule has 0 aliphatic carbocycles. The molecule has 1 fully saturated rings. The minimum Gasteiger partial charge on any atom is -0.324 e. The van der Waals surface area contributed by atoms with Crippen LogP contribution in [0.2, 0.25) is 0 Å². The molecule has 3 amide bonds. The quantitative estimate of drug-likeness (QED) is 0.701. The van der Waals surface area contributed by atoms with Crippen LogP contribution < -0.4 is 14.9 Å². The topological polar surface area (TPSA) is 98.8 Å². The molecule has 0 aromatic heterocycles. The van der Waals surface area contributed by atoms with Crippen molar-refractivity contribution in [1.29, 1.82) is 0 Å². The van der Waals surface area contributed by atoms with Gasteiger partial charge >= 0.3 is 6.03 Å². The molecule has 2 aliphatic heterocycles. The highest BCUT2D eigenvalue weighted by molar-refractivity contribution is 7.89. The van der Waals surface area contributed by atoms with Gasteiger partial charge in [-0.1, -0.05) is 12.1 Å². The van der Waals surface area contributed by atoms with Crippen LogP contribution in [0.1, 0.15) is 36.5 Å². The van der Waals surface area contributed by atoms with Crippen molar-refractivity contribution in [1.82, 2.24) is 9.62 Å². The second kappa shape index (κ2) is 9.15. The SMILES string of the molecule is Cc1ccc(C)c(NC(=O)[C@@H](C)NS(=O)(=O)c2ccc3c(c2)CCN3C(=O)N2CCCC2)c1. The number of likely N-dealkylation sites (tertiary alicyclic amines) is 1. The van der Waals surface area contributed by atoms with Crippen molar-refractivity contribution >= 4 is 33.3 Å². The van der Waals surface area contributed by atoms with Crippen LogP contribution in [0.4, 0.5) is 16.2 Å². The fourth-order valence-corrected chi connectivity index (χ4v) is 5.54. The van der Waals surface area contributed by atoms with Crippen molar-refractivity contribution in [2.24, 2.45) is 0 Å². The summed E-state index contributed by atoms with van der Waals surface area (Å²) in [5.74, 6) is -0.434. The Labute approximate surface area is 195 Å². The molecule has 2 heterocycles. The molecular formula is C24H30N4O4S. The number of rotatable bonds is 5. The Bertz CT molecular complexity index is 1190. The van der Waals surface area contributed by atoms with E-state index in [1.54, 1.807) is 17.0 Å². The van der Waals surface area contributed by atoms with Crippen molar-refractivity contribution in [2.75, 3.05) is 29.9 Å². The molecule has 1 atom stereocenters. The third kappa shape index (κ3) is 4.89. The largest absolute Gasteiger partial charge is 0.324 e. The molecule has 9 heteroatoms. The van der Waals surface area contributed by atoms with Gasteiger partial charge in [0.2, 0.25) is 15.9 Å². The van der Waals surface area contributed by atoms with E-state index >= 15 is 0 Å². The van der Waals surface area contributed by atoms with Gasteiger partial charge in [-0.2, -0.15) is 4.72 Å². The first-order valence-corrected chi connectivity index (χ1v) is 12.7. The third-order valence-corrected chi connectivity index (χ3v) is 7.78. The van der Waals surface area contributed by atoms with Gasteiger partial charge in [0.25, 0.3) is 0 Å². The third-order valence-electron chi connectivity index (χ3n) is 6.24. The summed E-state index contributed by atoms with van der Waals surface area (Å²) in [5.41, 5.74) is 4.13. The van der Waals surface area contributed by atoms with Gasteiger partial charge in [-0.05, 0) is 81.0 Å². The summed E-state index contributed by atoms with van der Waals surface area (Å²) in [4.78, 5) is 29.1. The van der Waals surface area contributed by atoms with Crippen molar-refractivity contribution < 1.29 is 18.0 Å². The highest BCUT2D eigenvalue weighted by Crippen LogP contribution is 2.31. The number of urea groups is 1. The molecule has 0 spiro atoms. The van der Waals surface area contributed by atoms with Gasteiger partial charge in [0.15, 0.2) is 0 Å². The van der Waals surface area contributed by atoms with E-state index in [4.69, 9.17) is 0 Å². The molecule has 1 saturated heterocycles. The number of nitrogens with one attached hydrogen (secondary N) is 2. The summed E-state index contributed by atoms with van der Waals surface area (Å²) in [6, 6.07) is 9.51. The lowest BCUT2D eigenvalue weighted by Gasteiger charge is -2.24. The Balaban J connectivity index is 1.46. The van der Waals surface area contributed by atoms with E-state index in [9.17, 15) is 18.0 Å². The number of nitrogens with zero attached hydrogens (tertiary/aromatic N) is 2. The molecule has 0 saturated carbocycles. The summed E-state index contributed by atoms with van der Waals surface area (Å²) < 4.78 is 28.4. The molecule has 2 aliphatic rings. The molecule has 8 nitrogen and oxygen atoms in total. The minimum atomic E-state index is -3.91. The second-order valence-corrected chi connectivity index (χ2v) is 10.5. The molecule has 33 heavy (non-hydrogen) atoms. The van der Waals surface area contributed by atoms with Gasteiger partial charge < -0.3 is 10.2 Å². The molecule has 0 radical (unpaired) electrons. The van der Waals surface area contributed by atoms with Gasteiger partial charge in [0, 0.05) is 31.0 Å². The average Bonchev–Trinajstić information content (AvgIpc) is 3.45. The van der Waals surface area contributed by atoms with Crippen LogP contribution in [0.3, 0.4) is 0 Å². The molecule has 0 bridgehead atoms. The monoisotopic (exact) mass is 470 g/mol. The number of hydrogen-bond acceptors (Lipinski definition) is 4. The first-order valence-electron chi connectivity index (χ1n) is 11.3. The summed E-state index contributed by atoms with van der Waals surface area (Å²) in [7, 11) is -3.91. The number of carbonyl (C=O) groups is 2. The number of anilines is 2. The maximum Gasteiger partial charge on any atom is 0.324 e. The van der Waals surface area contributed by atoms with Gasteiger partial charge in [0.1, 0.15) is 0 Å². The van der Waals surface area contributed by atoms with E-state index < -0.39 is 22.0 Å². The van der Waals surface area contributed by atoms with Crippen LogP contribution in [0, 0.1) is 13.8 Å². The van der Waals surface area contributed by atoms with E-state index in [0.29, 0.717) is 18.7 Å². The maximum atomic E-state index is 13.0. The molecule has 2 N–H and O–H groups in total. The van der Waals surface area contributed by atoms with Crippen LogP contribution in [0.25, 0.3) is 0 Å². The predicted molar refractivity (Wildman–Crippen MR) is 128 cm³/mol. The zero-order valence-electron chi connectivity index (χ0n) is 19.2. The molecule has 0 unspecified atom stereocenters. The number of benzene rings is 2. The van der Waals surface area contributed by atoms with Crippen molar-refractivity contribution in [3.8, 4) is 0 Å².